The third-order valence-electron chi connectivity index (χ3n) is 3.49. The summed E-state index contributed by atoms with van der Waals surface area (Å²) in [5, 5.41) is 13.0. The molecule has 1 aromatic carbocycles. The lowest BCUT2D eigenvalue weighted by atomic mass is 10.1. The first-order chi connectivity index (χ1) is 11.1. The van der Waals surface area contributed by atoms with Crippen molar-refractivity contribution in [3.63, 3.8) is 0 Å². The number of nitrogens with one attached hydrogen (secondary N) is 1. The molecule has 0 amide bonds. The zero-order valence-corrected chi connectivity index (χ0v) is 13.9. The molecule has 1 heterocycles. The summed E-state index contributed by atoms with van der Waals surface area (Å²) in [4.78, 5) is 12.5. The first kappa shape index (κ1) is 17.0. The van der Waals surface area contributed by atoms with Gasteiger partial charge in [-0.25, -0.2) is 4.79 Å². The lowest BCUT2D eigenvalue weighted by molar-refractivity contribution is 0.0530. The van der Waals surface area contributed by atoms with Crippen LogP contribution in [-0.2, 0) is 11.3 Å². The summed E-state index contributed by atoms with van der Waals surface area (Å²) in [5.41, 5.74) is 7.96. The Labute approximate surface area is 139 Å². The van der Waals surface area contributed by atoms with E-state index in [1.54, 1.807) is 6.92 Å². The first-order valence-corrected chi connectivity index (χ1v) is 8.16. The number of nitrogens with two attached hydrogens (primary N) is 1. The van der Waals surface area contributed by atoms with Crippen molar-refractivity contribution >= 4 is 22.3 Å². The van der Waals surface area contributed by atoms with Gasteiger partial charge in [0.2, 0.25) is 0 Å². The molecular weight excluding hydrogens is 310 g/mol. The van der Waals surface area contributed by atoms with Crippen molar-refractivity contribution < 1.29 is 9.53 Å². The molecular formula is C17H19N3O2S. The van der Waals surface area contributed by atoms with Gasteiger partial charge in [-0.05, 0) is 19.4 Å². The summed E-state index contributed by atoms with van der Waals surface area (Å²) < 4.78 is 5.05. The van der Waals surface area contributed by atoms with Crippen LogP contribution in [0.5, 0.6) is 0 Å². The second-order valence-corrected chi connectivity index (χ2v) is 6.05. The van der Waals surface area contributed by atoms with Gasteiger partial charge in [0.15, 0.2) is 0 Å². The highest BCUT2D eigenvalue weighted by molar-refractivity contribution is 7.18. The molecule has 0 radical (unpaired) electrons. The number of benzene rings is 1. The predicted molar refractivity (Wildman–Crippen MR) is 91.1 cm³/mol. The molecule has 120 valence electrons. The smallest absolute Gasteiger partial charge is 0.348 e. The summed E-state index contributed by atoms with van der Waals surface area (Å²) in [5.74, 6) is -0.435. The number of esters is 1. The van der Waals surface area contributed by atoms with Crippen LogP contribution < -0.4 is 11.1 Å². The maximum Gasteiger partial charge on any atom is 0.348 e. The van der Waals surface area contributed by atoms with E-state index in [-0.39, 0.29) is 12.6 Å². The lowest BCUT2D eigenvalue weighted by Gasteiger charge is -2.14. The molecule has 1 atom stereocenters. The van der Waals surface area contributed by atoms with E-state index in [9.17, 15) is 10.1 Å². The minimum atomic E-state index is -0.435. The molecule has 0 unspecified atom stereocenters. The van der Waals surface area contributed by atoms with Gasteiger partial charge in [-0.15, -0.1) is 11.3 Å². The van der Waals surface area contributed by atoms with Crippen LogP contribution in [0, 0.1) is 11.3 Å². The summed E-state index contributed by atoms with van der Waals surface area (Å²) in [6, 6.07) is 12.1. The van der Waals surface area contributed by atoms with E-state index in [1.807, 2.05) is 37.3 Å². The number of hydrogen-bond acceptors (Lipinski definition) is 6. The van der Waals surface area contributed by atoms with Gasteiger partial charge in [0.05, 0.1) is 12.2 Å². The van der Waals surface area contributed by atoms with E-state index < -0.39 is 5.97 Å². The van der Waals surface area contributed by atoms with E-state index in [2.05, 4.69) is 11.4 Å². The highest BCUT2D eigenvalue weighted by atomic mass is 32.1. The fourth-order valence-electron chi connectivity index (χ4n) is 2.25. The van der Waals surface area contributed by atoms with Crippen LogP contribution in [0.2, 0.25) is 0 Å². The molecule has 0 aliphatic carbocycles. The van der Waals surface area contributed by atoms with Gasteiger partial charge in [-0.3, -0.25) is 0 Å². The number of nitriles is 1. The molecule has 0 spiro atoms. The molecule has 2 rings (SSSR count). The van der Waals surface area contributed by atoms with Crippen molar-refractivity contribution in [2.75, 3.05) is 12.3 Å². The topological polar surface area (TPSA) is 88.1 Å². The summed E-state index contributed by atoms with van der Waals surface area (Å²) in [7, 11) is 0. The summed E-state index contributed by atoms with van der Waals surface area (Å²) in [6.45, 7) is 4.43. The predicted octanol–water partition coefficient (Wildman–Crippen LogP) is 3.23. The van der Waals surface area contributed by atoms with E-state index >= 15 is 0 Å². The Morgan fingerprint density at radius 2 is 2.13 bits per heavy atom. The fourth-order valence-corrected chi connectivity index (χ4v) is 3.18. The van der Waals surface area contributed by atoms with Crippen molar-refractivity contribution in [1.29, 1.82) is 5.26 Å². The third-order valence-corrected chi connectivity index (χ3v) is 4.53. The molecule has 0 saturated carbocycles. The van der Waals surface area contributed by atoms with Gasteiger partial charge in [0, 0.05) is 18.2 Å². The molecule has 3 N–H and O–H groups in total. The van der Waals surface area contributed by atoms with Crippen LogP contribution in [0.3, 0.4) is 0 Å². The molecule has 1 aromatic heterocycles. The highest BCUT2D eigenvalue weighted by Crippen LogP contribution is 2.31. The first-order valence-electron chi connectivity index (χ1n) is 7.35. The molecule has 0 bridgehead atoms. The average molecular weight is 329 g/mol. The van der Waals surface area contributed by atoms with Crippen molar-refractivity contribution in [2.24, 2.45) is 0 Å². The zero-order valence-electron chi connectivity index (χ0n) is 13.1. The molecule has 6 heteroatoms. The average Bonchev–Trinajstić information content (AvgIpc) is 2.89. The molecule has 0 aliphatic heterocycles. The standard InChI is InChI=1S/C17H19N3O2S/c1-3-22-17(21)15-14(13(9-18)16(19)23-15)10-20-11(2)12-7-5-4-6-8-12/h4-8,11,20H,3,10,19H2,1-2H3/t11-/m1/s1. The van der Waals surface area contributed by atoms with Crippen LogP contribution in [0.1, 0.15) is 46.3 Å². The lowest BCUT2D eigenvalue weighted by Crippen LogP contribution is -2.20. The Bertz CT molecular complexity index is 719. The van der Waals surface area contributed by atoms with E-state index in [0.29, 0.717) is 27.5 Å². The van der Waals surface area contributed by atoms with E-state index in [0.717, 1.165) is 16.9 Å². The number of thiophene rings is 1. The van der Waals surface area contributed by atoms with Crippen molar-refractivity contribution in [2.45, 2.75) is 26.4 Å². The highest BCUT2D eigenvalue weighted by Gasteiger charge is 2.23. The normalized spacial score (nSPS) is 11.7. The number of anilines is 1. The molecule has 0 aliphatic rings. The molecule has 5 nitrogen and oxygen atoms in total. The van der Waals surface area contributed by atoms with Crippen LogP contribution >= 0.6 is 11.3 Å². The van der Waals surface area contributed by atoms with Gasteiger partial charge in [-0.1, -0.05) is 30.3 Å². The van der Waals surface area contributed by atoms with E-state index in [1.165, 1.54) is 0 Å². The number of rotatable bonds is 6. The Kier molecular flexibility index (Phi) is 5.74. The number of carbonyl (C=O) groups is 1. The monoisotopic (exact) mass is 329 g/mol. The van der Waals surface area contributed by atoms with Gasteiger partial charge in [-0.2, -0.15) is 5.26 Å². The Morgan fingerprint density at radius 3 is 2.74 bits per heavy atom. The number of hydrogen-bond donors (Lipinski definition) is 2. The zero-order chi connectivity index (χ0) is 16.8. The Balaban J connectivity index is 2.21. The quantitative estimate of drug-likeness (QED) is 0.794. The van der Waals surface area contributed by atoms with Crippen LogP contribution in [-0.4, -0.2) is 12.6 Å². The third kappa shape index (κ3) is 3.89. The Hall–Kier alpha value is -2.36. The number of nitrogens with zero attached hydrogens (tertiary/aromatic N) is 1. The van der Waals surface area contributed by atoms with Gasteiger partial charge in [0.25, 0.3) is 0 Å². The number of ether oxygens (including phenoxy) is 1. The number of carbonyl (C=O) groups excluding carboxylic acids is 1. The van der Waals surface area contributed by atoms with Gasteiger partial charge < -0.3 is 15.8 Å². The number of nitrogen functional groups attached to an aromatic ring is 1. The maximum atomic E-state index is 12.1. The molecule has 0 fully saturated rings. The second-order valence-electron chi connectivity index (χ2n) is 4.99. The largest absolute Gasteiger partial charge is 0.462 e. The van der Waals surface area contributed by atoms with Crippen molar-refractivity contribution in [1.82, 2.24) is 5.32 Å². The summed E-state index contributed by atoms with van der Waals surface area (Å²) >= 11 is 1.10. The van der Waals surface area contributed by atoms with Crippen LogP contribution in [0.4, 0.5) is 5.00 Å². The van der Waals surface area contributed by atoms with Crippen LogP contribution in [0.15, 0.2) is 30.3 Å². The minimum absolute atomic E-state index is 0.0823. The van der Waals surface area contributed by atoms with Crippen LogP contribution in [0.25, 0.3) is 0 Å². The summed E-state index contributed by atoms with van der Waals surface area (Å²) in [6.07, 6.45) is 0. The van der Waals surface area contributed by atoms with Crippen molar-refractivity contribution in [3.05, 3.63) is 51.9 Å². The minimum Gasteiger partial charge on any atom is -0.462 e. The van der Waals surface area contributed by atoms with Gasteiger partial charge >= 0.3 is 5.97 Å². The van der Waals surface area contributed by atoms with E-state index in [4.69, 9.17) is 10.5 Å². The fraction of sp³-hybridized carbons (Fsp3) is 0.294. The Morgan fingerprint density at radius 1 is 1.43 bits per heavy atom. The molecule has 0 saturated heterocycles. The van der Waals surface area contributed by atoms with Crippen molar-refractivity contribution in [3.8, 4) is 6.07 Å². The maximum absolute atomic E-state index is 12.1. The van der Waals surface area contributed by atoms with Gasteiger partial charge in [0.1, 0.15) is 15.9 Å². The second kappa shape index (κ2) is 7.77. The molecule has 2 aromatic rings. The molecule has 23 heavy (non-hydrogen) atoms. The SMILES string of the molecule is CCOC(=O)c1sc(N)c(C#N)c1CN[C@H](C)c1ccccc1.